The van der Waals surface area contributed by atoms with Crippen LogP contribution in [0.5, 0.6) is 5.75 Å². The number of ether oxygens (including phenoxy) is 2. The van der Waals surface area contributed by atoms with E-state index in [9.17, 15) is 4.79 Å². The lowest BCUT2D eigenvalue weighted by Crippen LogP contribution is -2.11. The molecule has 0 aliphatic carbocycles. The Kier molecular flexibility index (Phi) is 6.44. The number of halogens is 1. The molecule has 0 bridgehead atoms. The van der Waals surface area contributed by atoms with Gasteiger partial charge in [-0.25, -0.2) is 4.79 Å². The van der Waals surface area contributed by atoms with Crippen LogP contribution in [0.3, 0.4) is 0 Å². The number of benzene rings is 2. The molecule has 0 N–H and O–H groups in total. The molecular formula is C20H23BrO3. The van der Waals surface area contributed by atoms with Gasteiger partial charge in [0.15, 0.2) is 0 Å². The quantitative estimate of drug-likeness (QED) is 0.609. The summed E-state index contributed by atoms with van der Waals surface area (Å²) in [6.07, 6.45) is 0.799. The normalized spacial score (nSPS) is 10.5. The van der Waals surface area contributed by atoms with Crippen LogP contribution in [0.1, 0.15) is 46.0 Å². The molecule has 2 aromatic carbocycles. The predicted octanol–water partition coefficient (Wildman–Crippen LogP) is 5.52. The van der Waals surface area contributed by atoms with E-state index < -0.39 is 0 Å². The van der Waals surface area contributed by atoms with E-state index in [1.807, 2.05) is 32.0 Å². The Balaban J connectivity index is 2.24. The fraction of sp³-hybridized carbons (Fsp3) is 0.350. The van der Waals surface area contributed by atoms with Crippen LogP contribution in [0.25, 0.3) is 0 Å². The number of hydrogen-bond acceptors (Lipinski definition) is 3. The Morgan fingerprint density at radius 2 is 1.79 bits per heavy atom. The van der Waals surface area contributed by atoms with E-state index in [1.165, 1.54) is 11.1 Å². The van der Waals surface area contributed by atoms with Gasteiger partial charge in [-0.15, -0.1) is 0 Å². The average molecular weight is 391 g/mol. The minimum absolute atomic E-state index is 0.307. The van der Waals surface area contributed by atoms with Gasteiger partial charge >= 0.3 is 5.97 Å². The fourth-order valence-electron chi connectivity index (χ4n) is 2.41. The second-order valence-electron chi connectivity index (χ2n) is 5.89. The highest BCUT2D eigenvalue weighted by molar-refractivity contribution is 9.10. The number of esters is 1. The van der Waals surface area contributed by atoms with Gasteiger partial charge in [-0.3, -0.25) is 0 Å². The van der Waals surface area contributed by atoms with Crippen LogP contribution in [-0.4, -0.2) is 12.6 Å². The van der Waals surface area contributed by atoms with Gasteiger partial charge in [0.05, 0.1) is 12.2 Å². The van der Waals surface area contributed by atoms with Gasteiger partial charge in [0.1, 0.15) is 12.4 Å². The smallest absolute Gasteiger partial charge is 0.338 e. The van der Waals surface area contributed by atoms with Gasteiger partial charge in [-0.2, -0.15) is 0 Å². The van der Waals surface area contributed by atoms with Crippen LogP contribution in [0, 0.1) is 20.8 Å². The maximum absolute atomic E-state index is 12.3. The molecule has 2 rings (SSSR count). The Labute approximate surface area is 152 Å². The lowest BCUT2D eigenvalue weighted by Gasteiger charge is -2.15. The Hall–Kier alpha value is -1.81. The highest BCUT2D eigenvalue weighted by Crippen LogP contribution is 2.27. The molecule has 0 fully saturated rings. The fourth-order valence-corrected chi connectivity index (χ4v) is 2.89. The van der Waals surface area contributed by atoms with Gasteiger partial charge in [-0.1, -0.05) is 35.0 Å². The molecule has 0 aliphatic heterocycles. The molecule has 2 aromatic rings. The van der Waals surface area contributed by atoms with Crippen molar-refractivity contribution in [3.05, 3.63) is 62.6 Å². The van der Waals surface area contributed by atoms with Crippen molar-refractivity contribution in [3.8, 4) is 5.75 Å². The van der Waals surface area contributed by atoms with Gasteiger partial charge in [0.2, 0.25) is 0 Å². The molecule has 0 unspecified atom stereocenters. The molecule has 24 heavy (non-hydrogen) atoms. The number of carbonyl (C=O) groups is 1. The Morgan fingerprint density at radius 3 is 2.50 bits per heavy atom. The van der Waals surface area contributed by atoms with Crippen molar-refractivity contribution in [3.63, 3.8) is 0 Å². The van der Waals surface area contributed by atoms with Crippen LogP contribution in [-0.2, 0) is 11.3 Å². The summed E-state index contributed by atoms with van der Waals surface area (Å²) in [4.78, 5) is 12.3. The van der Waals surface area contributed by atoms with Crippen LogP contribution < -0.4 is 4.74 Å². The molecule has 0 radical (unpaired) electrons. The van der Waals surface area contributed by atoms with E-state index >= 15 is 0 Å². The molecule has 0 aromatic heterocycles. The summed E-state index contributed by atoms with van der Waals surface area (Å²) < 4.78 is 12.1. The minimum Gasteiger partial charge on any atom is -0.489 e. The largest absolute Gasteiger partial charge is 0.489 e. The summed E-state index contributed by atoms with van der Waals surface area (Å²) in [6, 6.07) is 9.66. The van der Waals surface area contributed by atoms with E-state index in [4.69, 9.17) is 9.47 Å². The van der Waals surface area contributed by atoms with Crippen LogP contribution in [0.2, 0.25) is 0 Å². The van der Waals surface area contributed by atoms with Gasteiger partial charge in [0.25, 0.3) is 0 Å². The maximum atomic E-state index is 12.3. The minimum atomic E-state index is -0.312. The number of carbonyl (C=O) groups excluding carboxylic acids is 1. The van der Waals surface area contributed by atoms with Crippen molar-refractivity contribution in [2.75, 3.05) is 6.61 Å². The van der Waals surface area contributed by atoms with Gasteiger partial charge < -0.3 is 9.47 Å². The van der Waals surface area contributed by atoms with Gasteiger partial charge in [0, 0.05) is 10.0 Å². The van der Waals surface area contributed by atoms with E-state index in [1.54, 1.807) is 6.07 Å². The van der Waals surface area contributed by atoms with Crippen molar-refractivity contribution in [2.24, 2.45) is 0 Å². The summed E-state index contributed by atoms with van der Waals surface area (Å²) in [5.41, 5.74) is 4.85. The zero-order chi connectivity index (χ0) is 17.7. The molecule has 0 heterocycles. The third-order valence-electron chi connectivity index (χ3n) is 3.94. The summed E-state index contributed by atoms with van der Waals surface area (Å²) >= 11 is 3.51. The third-order valence-corrected chi connectivity index (χ3v) is 4.68. The van der Waals surface area contributed by atoms with Crippen molar-refractivity contribution >= 4 is 21.9 Å². The van der Waals surface area contributed by atoms with Crippen molar-refractivity contribution in [1.29, 1.82) is 0 Å². The molecular weight excluding hydrogens is 368 g/mol. The Bertz CT molecular complexity index is 738. The zero-order valence-corrected chi connectivity index (χ0v) is 16.2. The lowest BCUT2D eigenvalue weighted by molar-refractivity contribution is 0.0502. The second kappa shape index (κ2) is 8.34. The first-order valence-corrected chi connectivity index (χ1v) is 8.88. The van der Waals surface area contributed by atoms with Crippen molar-refractivity contribution < 1.29 is 14.3 Å². The summed E-state index contributed by atoms with van der Waals surface area (Å²) in [7, 11) is 0. The van der Waals surface area contributed by atoms with Crippen LogP contribution in [0.15, 0.2) is 34.8 Å². The van der Waals surface area contributed by atoms with Crippen molar-refractivity contribution in [1.82, 2.24) is 0 Å². The first-order chi connectivity index (χ1) is 11.4. The first-order valence-electron chi connectivity index (χ1n) is 8.09. The molecule has 0 saturated carbocycles. The van der Waals surface area contributed by atoms with E-state index in [0.717, 1.165) is 27.8 Å². The standard InChI is InChI=1S/C20H23BrO3/c1-5-9-23-20(22)16-7-6-8-18(21)17(16)12-24-19-11-14(3)13(2)10-15(19)4/h6-8,10-11H,5,9,12H2,1-4H3. The third kappa shape index (κ3) is 4.38. The maximum Gasteiger partial charge on any atom is 0.338 e. The molecule has 0 atom stereocenters. The first kappa shape index (κ1) is 18.5. The van der Waals surface area contributed by atoms with Gasteiger partial charge in [-0.05, 0) is 62.1 Å². The molecule has 0 amide bonds. The highest BCUT2D eigenvalue weighted by atomic mass is 79.9. The molecule has 0 spiro atoms. The van der Waals surface area contributed by atoms with Crippen LogP contribution in [0.4, 0.5) is 0 Å². The number of hydrogen-bond donors (Lipinski definition) is 0. The van der Waals surface area contributed by atoms with E-state index in [2.05, 4.69) is 35.8 Å². The molecule has 3 nitrogen and oxygen atoms in total. The number of rotatable bonds is 6. The second-order valence-corrected chi connectivity index (χ2v) is 6.75. The van der Waals surface area contributed by atoms with Crippen molar-refractivity contribution in [2.45, 2.75) is 40.7 Å². The predicted molar refractivity (Wildman–Crippen MR) is 99.7 cm³/mol. The zero-order valence-electron chi connectivity index (χ0n) is 14.6. The SMILES string of the molecule is CCCOC(=O)c1cccc(Br)c1COc1cc(C)c(C)cc1C. The van der Waals surface area contributed by atoms with E-state index in [0.29, 0.717) is 18.8 Å². The molecule has 0 saturated heterocycles. The van der Waals surface area contributed by atoms with E-state index in [-0.39, 0.29) is 5.97 Å². The average Bonchev–Trinajstić information content (AvgIpc) is 2.55. The molecule has 0 aliphatic rings. The Morgan fingerprint density at radius 1 is 1.08 bits per heavy atom. The highest BCUT2D eigenvalue weighted by Gasteiger charge is 2.16. The molecule has 128 valence electrons. The monoisotopic (exact) mass is 390 g/mol. The lowest BCUT2D eigenvalue weighted by atomic mass is 10.1. The topological polar surface area (TPSA) is 35.5 Å². The summed E-state index contributed by atoms with van der Waals surface area (Å²) in [6.45, 7) is 8.87. The summed E-state index contributed by atoms with van der Waals surface area (Å²) in [5.74, 6) is 0.523. The molecule has 4 heteroatoms. The summed E-state index contributed by atoms with van der Waals surface area (Å²) in [5, 5.41) is 0. The number of aryl methyl sites for hydroxylation is 3. The van der Waals surface area contributed by atoms with Crippen LogP contribution >= 0.6 is 15.9 Å².